The second-order valence-corrected chi connectivity index (χ2v) is 4.13. The van der Waals surface area contributed by atoms with E-state index >= 15 is 0 Å². The minimum absolute atomic E-state index is 0.214. The number of benzene rings is 1. The fraction of sp³-hybridized carbons (Fsp3) is 0.308. The minimum Gasteiger partial charge on any atom is -0.355 e. The molecule has 1 heterocycles. The van der Waals surface area contributed by atoms with Crippen LogP contribution in [-0.2, 0) is 9.59 Å². The van der Waals surface area contributed by atoms with E-state index in [1.165, 1.54) is 0 Å². The maximum atomic E-state index is 11.7. The third-order valence-corrected chi connectivity index (χ3v) is 2.79. The van der Waals surface area contributed by atoms with Crippen molar-refractivity contribution >= 4 is 18.0 Å². The van der Waals surface area contributed by atoms with Crippen molar-refractivity contribution in [2.24, 2.45) is 11.0 Å². The Morgan fingerprint density at radius 2 is 2.17 bits per heavy atom. The molecule has 0 spiro atoms. The zero-order chi connectivity index (χ0) is 12.8. The Bertz CT molecular complexity index is 457. The highest BCUT2D eigenvalue weighted by Crippen LogP contribution is 2.11. The molecule has 1 aliphatic heterocycles. The van der Waals surface area contributed by atoms with Gasteiger partial charge in [-0.2, -0.15) is 5.10 Å². The van der Waals surface area contributed by atoms with Crippen molar-refractivity contribution in [3.8, 4) is 0 Å². The number of carbonyl (C=O) groups excluding carboxylic acids is 2. The molecule has 5 nitrogen and oxygen atoms in total. The van der Waals surface area contributed by atoms with Crippen LogP contribution in [0.15, 0.2) is 35.4 Å². The Labute approximate surface area is 105 Å². The Morgan fingerprint density at radius 1 is 1.39 bits per heavy atom. The van der Waals surface area contributed by atoms with Crippen LogP contribution >= 0.6 is 0 Å². The van der Waals surface area contributed by atoms with Crippen molar-refractivity contribution in [1.82, 2.24) is 10.7 Å². The summed E-state index contributed by atoms with van der Waals surface area (Å²) in [5.74, 6) is -1.18. The number of carbonyl (C=O) groups is 2. The van der Waals surface area contributed by atoms with Crippen LogP contribution in [0.2, 0.25) is 0 Å². The molecule has 0 unspecified atom stereocenters. The molecule has 1 atom stereocenters. The molecule has 18 heavy (non-hydrogen) atoms. The van der Waals surface area contributed by atoms with Gasteiger partial charge in [-0.3, -0.25) is 9.59 Å². The number of hydrogen-bond donors (Lipinski definition) is 2. The average Bonchev–Trinajstić information content (AvgIpc) is 2.40. The summed E-state index contributed by atoms with van der Waals surface area (Å²) in [6, 6.07) is 9.43. The number of rotatable bonds is 3. The van der Waals surface area contributed by atoms with Gasteiger partial charge in [0.25, 0.3) is 5.91 Å². The lowest BCUT2D eigenvalue weighted by atomic mass is 9.98. The zero-order valence-electron chi connectivity index (χ0n) is 9.93. The largest absolute Gasteiger partial charge is 0.355 e. The molecule has 0 radical (unpaired) electrons. The molecule has 2 rings (SSSR count). The van der Waals surface area contributed by atoms with Crippen molar-refractivity contribution in [3.63, 3.8) is 0 Å². The number of hydrogen-bond acceptors (Lipinski definition) is 3. The summed E-state index contributed by atoms with van der Waals surface area (Å²) in [5.41, 5.74) is 3.30. The highest BCUT2D eigenvalue weighted by atomic mass is 16.2. The summed E-state index contributed by atoms with van der Waals surface area (Å²) in [4.78, 5) is 23.2. The van der Waals surface area contributed by atoms with Crippen LogP contribution in [0.5, 0.6) is 0 Å². The van der Waals surface area contributed by atoms with Gasteiger partial charge < -0.3 is 5.32 Å². The Morgan fingerprint density at radius 3 is 2.89 bits per heavy atom. The monoisotopic (exact) mass is 245 g/mol. The number of amides is 2. The second-order valence-electron chi connectivity index (χ2n) is 4.13. The van der Waals surface area contributed by atoms with Crippen LogP contribution in [0, 0.1) is 5.92 Å². The molecule has 5 heteroatoms. The molecule has 0 aromatic heterocycles. The molecule has 94 valence electrons. The van der Waals surface area contributed by atoms with Crippen LogP contribution < -0.4 is 10.7 Å². The molecule has 0 saturated carbocycles. The van der Waals surface area contributed by atoms with Crippen LogP contribution in [0.25, 0.3) is 0 Å². The van der Waals surface area contributed by atoms with E-state index in [1.807, 2.05) is 30.3 Å². The van der Waals surface area contributed by atoms with Gasteiger partial charge in [-0.05, 0) is 18.4 Å². The minimum atomic E-state index is -0.619. The molecule has 1 saturated heterocycles. The predicted octanol–water partition coefficient (Wildman–Crippen LogP) is 0.663. The Balaban J connectivity index is 1.88. The summed E-state index contributed by atoms with van der Waals surface area (Å²) >= 11 is 0. The molecule has 1 fully saturated rings. The summed E-state index contributed by atoms with van der Waals surface area (Å²) in [6.07, 6.45) is 2.96. The molecular formula is C13H15N3O2. The fourth-order valence-corrected chi connectivity index (χ4v) is 1.81. The average molecular weight is 245 g/mol. The third kappa shape index (κ3) is 3.16. The summed E-state index contributed by atoms with van der Waals surface area (Å²) in [7, 11) is 0. The molecular weight excluding hydrogens is 230 g/mol. The first-order valence-corrected chi connectivity index (χ1v) is 5.93. The first-order valence-electron chi connectivity index (χ1n) is 5.93. The highest BCUT2D eigenvalue weighted by Gasteiger charge is 2.28. The Hall–Kier alpha value is -2.17. The van der Waals surface area contributed by atoms with Crippen molar-refractivity contribution in [2.45, 2.75) is 12.8 Å². The van der Waals surface area contributed by atoms with E-state index in [9.17, 15) is 9.59 Å². The smallest absolute Gasteiger partial charge is 0.252 e. The summed E-state index contributed by atoms with van der Waals surface area (Å²) < 4.78 is 0. The van der Waals surface area contributed by atoms with E-state index in [2.05, 4.69) is 15.8 Å². The SMILES string of the molecule is O=C1NCCC[C@H]1C(=O)NN=Cc1ccccc1. The molecule has 2 amide bonds. The lowest BCUT2D eigenvalue weighted by molar-refractivity contribution is -0.136. The molecule has 1 aromatic carbocycles. The van der Waals surface area contributed by atoms with Gasteiger partial charge in [0.05, 0.1) is 6.21 Å². The number of nitrogens with one attached hydrogen (secondary N) is 2. The van der Waals surface area contributed by atoms with Crippen LogP contribution in [0.3, 0.4) is 0 Å². The maximum absolute atomic E-state index is 11.7. The van der Waals surface area contributed by atoms with Crippen molar-refractivity contribution in [3.05, 3.63) is 35.9 Å². The molecule has 0 aliphatic carbocycles. The fourth-order valence-electron chi connectivity index (χ4n) is 1.81. The van der Waals surface area contributed by atoms with E-state index in [0.29, 0.717) is 13.0 Å². The van der Waals surface area contributed by atoms with Gasteiger partial charge in [0.15, 0.2) is 0 Å². The molecule has 1 aliphatic rings. The van der Waals surface area contributed by atoms with Gasteiger partial charge in [0.1, 0.15) is 5.92 Å². The van der Waals surface area contributed by atoms with E-state index in [-0.39, 0.29) is 11.8 Å². The van der Waals surface area contributed by atoms with Crippen molar-refractivity contribution < 1.29 is 9.59 Å². The summed E-state index contributed by atoms with van der Waals surface area (Å²) in [5, 5.41) is 6.52. The maximum Gasteiger partial charge on any atom is 0.252 e. The standard InChI is InChI=1S/C13H15N3O2/c17-12-11(7-4-8-14-12)13(18)16-15-9-10-5-2-1-3-6-10/h1-3,5-6,9,11H,4,7-8H2,(H,14,17)(H,16,18)/t11-/m1/s1. The Kier molecular flexibility index (Phi) is 4.06. The van der Waals surface area contributed by atoms with E-state index < -0.39 is 5.92 Å². The third-order valence-electron chi connectivity index (χ3n) is 2.79. The van der Waals surface area contributed by atoms with Gasteiger partial charge in [0.2, 0.25) is 5.91 Å². The number of nitrogens with zero attached hydrogens (tertiary/aromatic N) is 1. The topological polar surface area (TPSA) is 70.6 Å². The van der Waals surface area contributed by atoms with E-state index in [0.717, 1.165) is 12.0 Å². The van der Waals surface area contributed by atoms with E-state index in [1.54, 1.807) is 6.21 Å². The normalized spacial score (nSPS) is 19.6. The molecule has 2 N–H and O–H groups in total. The van der Waals surface area contributed by atoms with Gasteiger partial charge in [-0.25, -0.2) is 5.43 Å². The van der Waals surface area contributed by atoms with Gasteiger partial charge in [0, 0.05) is 6.54 Å². The lowest BCUT2D eigenvalue weighted by Crippen LogP contribution is -2.43. The van der Waals surface area contributed by atoms with Gasteiger partial charge in [-0.1, -0.05) is 30.3 Å². The molecule has 0 bridgehead atoms. The van der Waals surface area contributed by atoms with E-state index in [4.69, 9.17) is 0 Å². The molecule has 1 aromatic rings. The van der Waals surface area contributed by atoms with Gasteiger partial charge in [-0.15, -0.1) is 0 Å². The first-order chi connectivity index (χ1) is 8.77. The number of piperidine rings is 1. The highest BCUT2D eigenvalue weighted by molar-refractivity contribution is 6.00. The zero-order valence-corrected chi connectivity index (χ0v) is 9.93. The van der Waals surface area contributed by atoms with Crippen molar-refractivity contribution in [2.75, 3.05) is 6.54 Å². The first kappa shape index (κ1) is 12.3. The van der Waals surface area contributed by atoms with Crippen LogP contribution in [0.1, 0.15) is 18.4 Å². The van der Waals surface area contributed by atoms with Gasteiger partial charge >= 0.3 is 0 Å². The van der Waals surface area contributed by atoms with Crippen molar-refractivity contribution in [1.29, 1.82) is 0 Å². The lowest BCUT2D eigenvalue weighted by Gasteiger charge is -2.19. The second kappa shape index (κ2) is 5.95. The quantitative estimate of drug-likeness (QED) is 0.466. The van der Waals surface area contributed by atoms with Crippen LogP contribution in [0.4, 0.5) is 0 Å². The summed E-state index contributed by atoms with van der Waals surface area (Å²) in [6.45, 7) is 0.649. The van der Waals surface area contributed by atoms with Crippen LogP contribution in [-0.4, -0.2) is 24.6 Å². The number of hydrazone groups is 1. The predicted molar refractivity (Wildman–Crippen MR) is 67.9 cm³/mol.